The van der Waals surface area contributed by atoms with Crippen LogP contribution < -0.4 is 5.56 Å². The number of H-pyrrole nitrogens is 1. The van der Waals surface area contributed by atoms with Gasteiger partial charge in [-0.3, -0.25) is 4.79 Å². The highest BCUT2D eigenvalue weighted by molar-refractivity contribution is 5.89. The van der Waals surface area contributed by atoms with Gasteiger partial charge in [-0.05, 0) is 56.3 Å². The minimum absolute atomic E-state index is 0.104. The molecule has 4 aliphatic rings. The van der Waals surface area contributed by atoms with Crippen molar-refractivity contribution < 1.29 is 9.90 Å². The first-order valence-corrected chi connectivity index (χ1v) is 7.39. The van der Waals surface area contributed by atoms with Gasteiger partial charge in [0, 0.05) is 11.5 Å². The Morgan fingerprint density at radius 2 is 1.75 bits per heavy atom. The van der Waals surface area contributed by atoms with Crippen molar-refractivity contribution in [1.29, 1.82) is 0 Å². The lowest BCUT2D eigenvalue weighted by molar-refractivity contribution is -0.00832. The molecule has 5 heteroatoms. The van der Waals surface area contributed by atoms with Gasteiger partial charge in [-0.25, -0.2) is 9.89 Å². The number of aromatic nitrogens is 2. The summed E-state index contributed by atoms with van der Waals surface area (Å²) in [5, 5.41) is 16.0. The molecular weight excluding hydrogens is 256 g/mol. The van der Waals surface area contributed by atoms with Gasteiger partial charge >= 0.3 is 5.97 Å². The number of hydrogen-bond donors (Lipinski definition) is 2. The number of carboxylic acid groups (broad SMARTS) is 1. The smallest absolute Gasteiger partial charge is 0.337 e. The van der Waals surface area contributed by atoms with E-state index in [9.17, 15) is 14.7 Å². The van der Waals surface area contributed by atoms with Crippen molar-refractivity contribution in [3.63, 3.8) is 0 Å². The fourth-order valence-corrected chi connectivity index (χ4v) is 5.37. The number of aromatic amines is 1. The first-order valence-electron chi connectivity index (χ1n) is 7.39. The summed E-state index contributed by atoms with van der Waals surface area (Å²) >= 11 is 0. The van der Waals surface area contributed by atoms with Gasteiger partial charge in [0.15, 0.2) is 0 Å². The van der Waals surface area contributed by atoms with Crippen molar-refractivity contribution in [2.24, 2.45) is 17.8 Å². The summed E-state index contributed by atoms with van der Waals surface area (Å²) in [7, 11) is 0. The Bertz CT molecular complexity index is 599. The van der Waals surface area contributed by atoms with E-state index in [-0.39, 0.29) is 11.0 Å². The molecule has 4 aliphatic carbocycles. The molecule has 0 atom stereocenters. The Kier molecular flexibility index (Phi) is 2.38. The van der Waals surface area contributed by atoms with Gasteiger partial charge in [0.1, 0.15) is 0 Å². The van der Waals surface area contributed by atoms with E-state index in [2.05, 4.69) is 10.2 Å². The third-order valence-corrected chi connectivity index (χ3v) is 5.58. The third-order valence-electron chi connectivity index (χ3n) is 5.58. The molecule has 0 aliphatic heterocycles. The molecule has 1 heterocycles. The van der Waals surface area contributed by atoms with Gasteiger partial charge in [-0.1, -0.05) is 0 Å². The van der Waals surface area contributed by atoms with Crippen LogP contribution in [-0.4, -0.2) is 21.3 Å². The average molecular weight is 274 g/mol. The average Bonchev–Trinajstić information content (AvgIpc) is 2.36. The molecular formula is C15H18N2O3. The first-order chi connectivity index (χ1) is 9.56. The molecule has 106 valence electrons. The van der Waals surface area contributed by atoms with Crippen molar-refractivity contribution >= 4 is 5.97 Å². The SMILES string of the molecule is O=C(O)c1cc(=O)[nH]nc1C12CC3CC(CC(C3)C1)C2. The number of carboxylic acids is 1. The van der Waals surface area contributed by atoms with E-state index < -0.39 is 11.5 Å². The maximum atomic E-state index is 11.5. The van der Waals surface area contributed by atoms with Gasteiger partial charge in [-0.15, -0.1) is 0 Å². The number of nitrogens with one attached hydrogen (secondary N) is 1. The van der Waals surface area contributed by atoms with Crippen LogP contribution in [0.15, 0.2) is 10.9 Å². The molecule has 5 nitrogen and oxygen atoms in total. The van der Waals surface area contributed by atoms with Crippen molar-refractivity contribution in [3.05, 3.63) is 27.7 Å². The van der Waals surface area contributed by atoms with Crippen LogP contribution in [0.25, 0.3) is 0 Å². The topological polar surface area (TPSA) is 83.0 Å². The molecule has 0 saturated heterocycles. The first kappa shape index (κ1) is 12.1. The van der Waals surface area contributed by atoms with Crippen LogP contribution in [0.3, 0.4) is 0 Å². The van der Waals surface area contributed by atoms with Crippen molar-refractivity contribution in [2.75, 3.05) is 0 Å². The van der Waals surface area contributed by atoms with E-state index >= 15 is 0 Å². The number of carbonyl (C=O) groups is 1. The molecule has 0 unspecified atom stereocenters. The highest BCUT2D eigenvalue weighted by Gasteiger charge is 2.53. The Labute approximate surface area is 116 Å². The standard InChI is InChI=1S/C15H18N2O3/c18-12-4-11(14(19)20)13(17-16-12)15-5-8-1-9(6-15)3-10(2-8)7-15/h4,8-10H,1-3,5-7H2,(H,16,18)(H,19,20). The van der Waals surface area contributed by atoms with E-state index in [0.29, 0.717) is 5.69 Å². The second-order valence-corrected chi connectivity index (χ2v) is 7.00. The molecule has 1 aromatic heterocycles. The summed E-state index contributed by atoms with van der Waals surface area (Å²) in [6.45, 7) is 0. The summed E-state index contributed by atoms with van der Waals surface area (Å²) in [6.07, 6.45) is 7.01. The van der Waals surface area contributed by atoms with E-state index in [0.717, 1.165) is 37.0 Å². The van der Waals surface area contributed by atoms with Crippen molar-refractivity contribution in [2.45, 2.75) is 43.9 Å². The Balaban J connectivity index is 1.85. The predicted molar refractivity (Wildman–Crippen MR) is 71.7 cm³/mol. The predicted octanol–water partition coefficient (Wildman–Crippen LogP) is 1.94. The highest BCUT2D eigenvalue weighted by Crippen LogP contribution is 2.60. The molecule has 4 saturated carbocycles. The Morgan fingerprint density at radius 1 is 1.20 bits per heavy atom. The third kappa shape index (κ3) is 1.65. The zero-order valence-electron chi connectivity index (χ0n) is 11.3. The largest absolute Gasteiger partial charge is 0.478 e. The van der Waals surface area contributed by atoms with Crippen LogP contribution in [0.5, 0.6) is 0 Å². The summed E-state index contributed by atoms with van der Waals surface area (Å²) in [6, 6.07) is 1.20. The highest BCUT2D eigenvalue weighted by atomic mass is 16.4. The second-order valence-electron chi connectivity index (χ2n) is 7.00. The zero-order chi connectivity index (χ0) is 13.9. The second kappa shape index (κ2) is 3.93. The Morgan fingerprint density at radius 3 is 2.25 bits per heavy atom. The minimum atomic E-state index is -1.03. The molecule has 1 aromatic rings. The van der Waals surface area contributed by atoms with Gasteiger partial charge in [0.05, 0.1) is 11.3 Å². The lowest BCUT2D eigenvalue weighted by atomic mass is 9.48. The zero-order valence-corrected chi connectivity index (χ0v) is 11.3. The summed E-state index contributed by atoms with van der Waals surface area (Å²) in [5.74, 6) is 1.12. The van der Waals surface area contributed by atoms with Crippen molar-refractivity contribution in [1.82, 2.24) is 10.2 Å². The van der Waals surface area contributed by atoms with Gasteiger partial charge < -0.3 is 5.11 Å². The molecule has 2 N–H and O–H groups in total. The number of nitrogens with zero attached hydrogens (tertiary/aromatic N) is 1. The van der Waals surface area contributed by atoms with Crippen LogP contribution >= 0.6 is 0 Å². The maximum absolute atomic E-state index is 11.5. The summed E-state index contributed by atoms with van der Waals surface area (Å²) < 4.78 is 0. The van der Waals surface area contributed by atoms with E-state index in [1.165, 1.54) is 25.3 Å². The van der Waals surface area contributed by atoms with Gasteiger partial charge in [0.25, 0.3) is 5.56 Å². The molecule has 4 fully saturated rings. The molecule has 20 heavy (non-hydrogen) atoms. The summed E-state index contributed by atoms with van der Waals surface area (Å²) in [5.41, 5.74) is 0.197. The maximum Gasteiger partial charge on any atom is 0.337 e. The van der Waals surface area contributed by atoms with E-state index in [4.69, 9.17) is 0 Å². The monoisotopic (exact) mass is 274 g/mol. The number of hydrogen-bond acceptors (Lipinski definition) is 3. The van der Waals surface area contributed by atoms with Crippen LogP contribution in [0.2, 0.25) is 0 Å². The normalized spacial score (nSPS) is 38.1. The molecule has 4 bridgehead atoms. The fraction of sp³-hybridized carbons (Fsp3) is 0.667. The van der Waals surface area contributed by atoms with Crippen LogP contribution in [-0.2, 0) is 5.41 Å². The molecule has 0 radical (unpaired) electrons. The lowest BCUT2D eigenvalue weighted by Gasteiger charge is -2.56. The van der Waals surface area contributed by atoms with Gasteiger partial charge in [0.2, 0.25) is 0 Å². The molecule has 0 spiro atoms. The quantitative estimate of drug-likeness (QED) is 0.863. The molecule has 5 rings (SSSR count). The van der Waals surface area contributed by atoms with Gasteiger partial charge in [-0.2, -0.15) is 5.10 Å². The lowest BCUT2D eigenvalue weighted by Crippen LogP contribution is -2.49. The summed E-state index contributed by atoms with van der Waals surface area (Å²) in [4.78, 5) is 22.9. The minimum Gasteiger partial charge on any atom is -0.478 e. The fourth-order valence-electron chi connectivity index (χ4n) is 5.37. The number of aromatic carboxylic acids is 1. The molecule has 0 aromatic carbocycles. The Hall–Kier alpha value is -1.65. The van der Waals surface area contributed by atoms with Crippen LogP contribution in [0, 0.1) is 17.8 Å². The number of rotatable bonds is 2. The van der Waals surface area contributed by atoms with Crippen LogP contribution in [0.4, 0.5) is 0 Å². The molecule has 0 amide bonds. The van der Waals surface area contributed by atoms with Crippen molar-refractivity contribution in [3.8, 4) is 0 Å². The van der Waals surface area contributed by atoms with E-state index in [1.54, 1.807) is 0 Å². The van der Waals surface area contributed by atoms with Crippen LogP contribution in [0.1, 0.15) is 54.6 Å². The van der Waals surface area contributed by atoms with E-state index in [1.807, 2.05) is 0 Å².